The maximum atomic E-state index is 12.8. The summed E-state index contributed by atoms with van der Waals surface area (Å²) < 4.78 is 18.5. The number of benzene rings is 2. The van der Waals surface area contributed by atoms with Crippen LogP contribution < -0.4 is 10.6 Å². The fraction of sp³-hybridized carbons (Fsp3) is 0.316. The molecule has 4 nitrogen and oxygen atoms in total. The van der Waals surface area contributed by atoms with Crippen molar-refractivity contribution < 1.29 is 9.13 Å². The van der Waals surface area contributed by atoms with E-state index in [9.17, 15) is 4.39 Å². The molecule has 0 spiro atoms. The molecule has 0 fully saturated rings. The van der Waals surface area contributed by atoms with Crippen LogP contribution in [0.5, 0.6) is 0 Å². The molecule has 0 radical (unpaired) electrons. The SMILES string of the molecule is CN=C(NCCOCc1ccccc1)NCCc1ccc(F)cc1.I. The summed E-state index contributed by atoms with van der Waals surface area (Å²) in [7, 11) is 1.73. The van der Waals surface area contributed by atoms with Gasteiger partial charge in [-0.15, -0.1) is 24.0 Å². The predicted molar refractivity (Wildman–Crippen MR) is 111 cm³/mol. The van der Waals surface area contributed by atoms with Gasteiger partial charge in [-0.1, -0.05) is 42.5 Å². The van der Waals surface area contributed by atoms with Crippen molar-refractivity contribution >= 4 is 29.9 Å². The van der Waals surface area contributed by atoms with Gasteiger partial charge in [-0.25, -0.2) is 4.39 Å². The summed E-state index contributed by atoms with van der Waals surface area (Å²) in [6.07, 6.45) is 0.811. The fourth-order valence-electron chi connectivity index (χ4n) is 2.20. The molecule has 0 aliphatic heterocycles. The average Bonchev–Trinajstić information content (AvgIpc) is 2.62. The molecular weight excluding hydrogens is 432 g/mol. The van der Waals surface area contributed by atoms with Gasteiger partial charge in [-0.05, 0) is 29.7 Å². The second-order valence-corrected chi connectivity index (χ2v) is 5.34. The average molecular weight is 457 g/mol. The van der Waals surface area contributed by atoms with Crippen LogP contribution in [0.2, 0.25) is 0 Å². The van der Waals surface area contributed by atoms with Crippen LogP contribution in [0.4, 0.5) is 4.39 Å². The van der Waals surface area contributed by atoms with E-state index in [1.165, 1.54) is 17.7 Å². The topological polar surface area (TPSA) is 45.7 Å². The molecule has 0 saturated heterocycles. The van der Waals surface area contributed by atoms with E-state index >= 15 is 0 Å². The highest BCUT2D eigenvalue weighted by Gasteiger charge is 1.99. The van der Waals surface area contributed by atoms with Crippen molar-refractivity contribution in [3.63, 3.8) is 0 Å². The standard InChI is InChI=1S/C19H24FN3O.HI/c1-21-19(22-12-11-16-7-9-18(20)10-8-16)23-13-14-24-15-17-5-3-2-4-6-17;/h2-10H,11-15H2,1H3,(H2,21,22,23);1H. The van der Waals surface area contributed by atoms with E-state index in [4.69, 9.17) is 4.74 Å². The van der Waals surface area contributed by atoms with Gasteiger partial charge < -0.3 is 15.4 Å². The summed E-state index contributed by atoms with van der Waals surface area (Å²) in [6.45, 7) is 2.63. The van der Waals surface area contributed by atoms with E-state index in [0.29, 0.717) is 19.8 Å². The Kier molecular flexibility index (Phi) is 10.8. The maximum Gasteiger partial charge on any atom is 0.191 e. The summed E-state index contributed by atoms with van der Waals surface area (Å²) in [6, 6.07) is 16.6. The minimum Gasteiger partial charge on any atom is -0.375 e. The van der Waals surface area contributed by atoms with E-state index in [2.05, 4.69) is 15.6 Å². The van der Waals surface area contributed by atoms with Crippen LogP contribution in [0.25, 0.3) is 0 Å². The van der Waals surface area contributed by atoms with Gasteiger partial charge in [0.1, 0.15) is 5.82 Å². The van der Waals surface area contributed by atoms with Gasteiger partial charge in [-0.2, -0.15) is 0 Å². The van der Waals surface area contributed by atoms with Crippen molar-refractivity contribution in [2.45, 2.75) is 13.0 Å². The number of guanidine groups is 1. The molecule has 0 unspecified atom stereocenters. The first-order valence-electron chi connectivity index (χ1n) is 8.08. The Morgan fingerprint density at radius 1 is 0.960 bits per heavy atom. The van der Waals surface area contributed by atoms with Gasteiger partial charge in [-0.3, -0.25) is 4.99 Å². The van der Waals surface area contributed by atoms with Crippen LogP contribution >= 0.6 is 24.0 Å². The molecule has 0 heterocycles. The quantitative estimate of drug-likeness (QED) is 0.277. The van der Waals surface area contributed by atoms with Gasteiger partial charge in [0.25, 0.3) is 0 Å². The van der Waals surface area contributed by atoms with Gasteiger partial charge >= 0.3 is 0 Å². The lowest BCUT2D eigenvalue weighted by Gasteiger charge is -2.12. The molecule has 0 bridgehead atoms. The van der Waals surface area contributed by atoms with Crippen molar-refractivity contribution in [1.82, 2.24) is 10.6 Å². The lowest BCUT2D eigenvalue weighted by molar-refractivity contribution is 0.125. The molecule has 0 amide bonds. The van der Waals surface area contributed by atoms with E-state index < -0.39 is 0 Å². The Morgan fingerprint density at radius 3 is 2.32 bits per heavy atom. The first-order chi connectivity index (χ1) is 11.8. The highest BCUT2D eigenvalue weighted by atomic mass is 127. The van der Waals surface area contributed by atoms with E-state index in [-0.39, 0.29) is 29.8 Å². The largest absolute Gasteiger partial charge is 0.375 e. The molecule has 0 aliphatic rings. The summed E-state index contributed by atoms with van der Waals surface area (Å²) in [5.74, 6) is 0.528. The van der Waals surface area contributed by atoms with Crippen molar-refractivity contribution in [3.05, 3.63) is 71.5 Å². The van der Waals surface area contributed by atoms with Crippen LogP contribution in [0.3, 0.4) is 0 Å². The molecule has 6 heteroatoms. The number of hydrogen-bond acceptors (Lipinski definition) is 2. The summed E-state index contributed by atoms with van der Waals surface area (Å²) in [4.78, 5) is 4.17. The van der Waals surface area contributed by atoms with Crippen molar-refractivity contribution in [2.24, 2.45) is 4.99 Å². The van der Waals surface area contributed by atoms with Crippen LogP contribution in [0.15, 0.2) is 59.6 Å². The minimum atomic E-state index is -0.209. The van der Waals surface area contributed by atoms with Crippen molar-refractivity contribution in [2.75, 3.05) is 26.7 Å². The zero-order chi connectivity index (χ0) is 17.0. The van der Waals surface area contributed by atoms with E-state index in [0.717, 1.165) is 24.5 Å². The predicted octanol–water partition coefficient (Wildman–Crippen LogP) is 3.37. The molecule has 0 aromatic heterocycles. The molecular formula is C19H25FIN3O. The normalized spacial score (nSPS) is 10.9. The minimum absolute atomic E-state index is 0. The van der Waals surface area contributed by atoms with Crippen molar-refractivity contribution in [3.8, 4) is 0 Å². The molecule has 25 heavy (non-hydrogen) atoms. The van der Waals surface area contributed by atoms with Crippen LogP contribution in [-0.2, 0) is 17.8 Å². The first-order valence-corrected chi connectivity index (χ1v) is 8.08. The lowest BCUT2D eigenvalue weighted by atomic mass is 10.1. The molecule has 2 aromatic carbocycles. The zero-order valence-corrected chi connectivity index (χ0v) is 16.7. The number of halogens is 2. The second kappa shape index (κ2) is 12.7. The van der Waals surface area contributed by atoms with Gasteiger partial charge in [0.2, 0.25) is 0 Å². The van der Waals surface area contributed by atoms with Gasteiger partial charge in [0.15, 0.2) is 5.96 Å². The van der Waals surface area contributed by atoms with Crippen molar-refractivity contribution in [1.29, 1.82) is 0 Å². The Bertz CT molecular complexity index is 620. The van der Waals surface area contributed by atoms with E-state index in [1.54, 1.807) is 19.2 Å². The summed E-state index contributed by atoms with van der Waals surface area (Å²) in [5.41, 5.74) is 2.25. The monoisotopic (exact) mass is 457 g/mol. The number of ether oxygens (including phenoxy) is 1. The third-order valence-electron chi connectivity index (χ3n) is 3.49. The Balaban J connectivity index is 0.00000312. The number of hydrogen-bond donors (Lipinski definition) is 2. The number of nitrogens with one attached hydrogen (secondary N) is 2. The van der Waals surface area contributed by atoms with Crippen LogP contribution in [0.1, 0.15) is 11.1 Å². The molecule has 2 rings (SSSR count). The molecule has 2 N–H and O–H groups in total. The fourth-order valence-corrected chi connectivity index (χ4v) is 2.20. The first kappa shape index (κ1) is 21.4. The van der Waals surface area contributed by atoms with Gasteiger partial charge in [0, 0.05) is 20.1 Å². The smallest absolute Gasteiger partial charge is 0.191 e. The second-order valence-electron chi connectivity index (χ2n) is 5.34. The number of nitrogens with zero attached hydrogens (tertiary/aromatic N) is 1. The summed E-state index contributed by atoms with van der Waals surface area (Å²) >= 11 is 0. The van der Waals surface area contributed by atoms with Crippen LogP contribution in [-0.4, -0.2) is 32.7 Å². The van der Waals surface area contributed by atoms with E-state index in [1.807, 2.05) is 30.3 Å². The molecule has 0 aliphatic carbocycles. The highest BCUT2D eigenvalue weighted by Crippen LogP contribution is 2.02. The molecule has 2 aromatic rings. The Labute approximate surface area is 165 Å². The number of aliphatic imine (C=N–C) groups is 1. The Hall–Kier alpha value is -1.67. The Morgan fingerprint density at radius 2 is 1.64 bits per heavy atom. The highest BCUT2D eigenvalue weighted by molar-refractivity contribution is 14.0. The molecule has 0 atom stereocenters. The summed E-state index contributed by atoms with van der Waals surface area (Å²) in [5, 5.41) is 6.44. The van der Waals surface area contributed by atoms with Crippen LogP contribution in [0, 0.1) is 5.82 Å². The third kappa shape index (κ3) is 8.83. The third-order valence-corrected chi connectivity index (χ3v) is 3.49. The lowest BCUT2D eigenvalue weighted by Crippen LogP contribution is -2.39. The number of rotatable bonds is 8. The molecule has 0 saturated carbocycles. The molecule has 136 valence electrons. The van der Waals surface area contributed by atoms with Gasteiger partial charge in [0.05, 0.1) is 13.2 Å². The maximum absolute atomic E-state index is 12.8. The zero-order valence-electron chi connectivity index (χ0n) is 14.4.